The topological polar surface area (TPSA) is 106 Å². The number of nitrogens with zero attached hydrogens (tertiary/aromatic N) is 4. The summed E-state index contributed by atoms with van der Waals surface area (Å²) < 4.78 is 20.2. The Hall–Kier alpha value is -2.78. The molecule has 3 aromatic rings. The maximum absolute atomic E-state index is 13.4. The number of halogens is 2. The molecule has 0 bridgehead atoms. The molecule has 0 spiro atoms. The molecule has 2 aliphatic rings. The Balaban J connectivity index is 1.32. The second kappa shape index (κ2) is 7.67. The average Bonchev–Trinajstić information content (AvgIpc) is 3.48. The molecular formula is C22H23ClFN5O3. The maximum Gasteiger partial charge on any atom is 0.274 e. The van der Waals surface area contributed by atoms with Crippen LogP contribution in [0, 0.1) is 24.6 Å². The molecule has 0 aliphatic heterocycles. The van der Waals surface area contributed by atoms with E-state index >= 15 is 0 Å². The van der Waals surface area contributed by atoms with Crippen molar-refractivity contribution in [2.45, 2.75) is 44.1 Å². The number of rotatable bonds is 4. The fourth-order valence-corrected chi connectivity index (χ4v) is 5.53. The number of imidazole rings is 1. The van der Waals surface area contributed by atoms with Crippen LogP contribution in [0.2, 0.25) is 5.02 Å². The van der Waals surface area contributed by atoms with E-state index in [9.17, 15) is 14.3 Å². The van der Waals surface area contributed by atoms with E-state index in [-0.39, 0.29) is 28.7 Å². The van der Waals surface area contributed by atoms with Gasteiger partial charge in [-0.2, -0.15) is 4.98 Å². The maximum atomic E-state index is 13.4. The number of anilines is 1. The first-order valence-corrected chi connectivity index (χ1v) is 10.9. The molecule has 2 N–H and O–H groups in total. The summed E-state index contributed by atoms with van der Waals surface area (Å²) in [6.45, 7) is 1.71. The zero-order valence-corrected chi connectivity index (χ0v) is 18.4. The van der Waals surface area contributed by atoms with E-state index in [2.05, 4.69) is 20.4 Å². The highest BCUT2D eigenvalue weighted by Crippen LogP contribution is 2.56. The van der Waals surface area contributed by atoms with Crippen LogP contribution in [0.1, 0.15) is 59.5 Å². The largest absolute Gasteiger partial charge is 0.382 e. The SMILES string of the molecule is Cc1nc(C2(O)CC3CC(c4ncn(C)c4C(=O)Nc4ccc(F)c(Cl)c4)CC3C2)no1. The number of amides is 1. The minimum atomic E-state index is -1.07. The van der Waals surface area contributed by atoms with Gasteiger partial charge in [-0.05, 0) is 55.7 Å². The van der Waals surface area contributed by atoms with Crippen LogP contribution >= 0.6 is 11.6 Å². The third-order valence-electron chi connectivity index (χ3n) is 6.73. The Labute approximate surface area is 188 Å². The van der Waals surface area contributed by atoms with Gasteiger partial charge >= 0.3 is 0 Å². The van der Waals surface area contributed by atoms with E-state index < -0.39 is 11.4 Å². The summed E-state index contributed by atoms with van der Waals surface area (Å²) >= 11 is 5.83. The lowest BCUT2D eigenvalue weighted by molar-refractivity contribution is 0.0232. The van der Waals surface area contributed by atoms with Crippen LogP contribution in [0.3, 0.4) is 0 Å². The third-order valence-corrected chi connectivity index (χ3v) is 7.02. The van der Waals surface area contributed by atoms with Crippen molar-refractivity contribution in [2.75, 3.05) is 5.32 Å². The van der Waals surface area contributed by atoms with Crippen molar-refractivity contribution in [1.29, 1.82) is 0 Å². The zero-order valence-electron chi connectivity index (χ0n) is 17.7. The third kappa shape index (κ3) is 3.59. The number of nitrogens with one attached hydrogen (secondary N) is 1. The van der Waals surface area contributed by atoms with E-state index in [1.165, 1.54) is 18.2 Å². The van der Waals surface area contributed by atoms with E-state index in [0.29, 0.717) is 35.9 Å². The van der Waals surface area contributed by atoms with Gasteiger partial charge in [0.05, 0.1) is 17.0 Å². The van der Waals surface area contributed by atoms with Crippen LogP contribution in [0.5, 0.6) is 0 Å². The number of fused-ring (bicyclic) bond motifs is 1. The lowest BCUT2D eigenvalue weighted by atomic mass is 9.92. The molecule has 2 unspecified atom stereocenters. The van der Waals surface area contributed by atoms with Crippen molar-refractivity contribution < 1.29 is 18.8 Å². The molecule has 10 heteroatoms. The summed E-state index contributed by atoms with van der Waals surface area (Å²) in [4.78, 5) is 21.8. The first-order chi connectivity index (χ1) is 15.2. The number of benzene rings is 1. The Morgan fingerprint density at radius 3 is 2.69 bits per heavy atom. The number of carbonyl (C=O) groups excluding carboxylic acids is 1. The van der Waals surface area contributed by atoms with E-state index in [1.807, 2.05) is 0 Å². The Bertz CT molecular complexity index is 1180. The normalized spacial score (nSPS) is 27.0. The summed E-state index contributed by atoms with van der Waals surface area (Å²) in [5.74, 6) is 0.625. The number of hydrogen-bond donors (Lipinski definition) is 2. The number of aryl methyl sites for hydroxylation is 2. The highest BCUT2D eigenvalue weighted by atomic mass is 35.5. The van der Waals surface area contributed by atoms with Gasteiger partial charge in [0.1, 0.15) is 17.1 Å². The molecule has 2 aliphatic carbocycles. The van der Waals surface area contributed by atoms with Gasteiger partial charge in [0.25, 0.3) is 5.91 Å². The fraction of sp³-hybridized carbons (Fsp3) is 0.455. The molecule has 168 valence electrons. The van der Waals surface area contributed by atoms with Crippen LogP contribution in [0.15, 0.2) is 29.0 Å². The highest BCUT2D eigenvalue weighted by molar-refractivity contribution is 6.31. The number of carbonyl (C=O) groups is 1. The lowest BCUT2D eigenvalue weighted by Gasteiger charge is -2.21. The molecule has 1 aromatic carbocycles. The Morgan fingerprint density at radius 2 is 2.06 bits per heavy atom. The first-order valence-electron chi connectivity index (χ1n) is 10.5. The molecule has 8 nitrogen and oxygen atoms in total. The second-order valence-corrected chi connectivity index (χ2v) is 9.34. The summed E-state index contributed by atoms with van der Waals surface area (Å²) in [6, 6.07) is 4.06. The standard InChI is InChI=1S/C22H23ClFN5O3/c1-11-26-21(28-32-11)22(31)8-13-5-12(6-14(13)9-22)18-19(29(2)10-25-18)20(30)27-15-3-4-17(24)16(23)7-15/h3-4,7,10,12-14,31H,5-6,8-9H2,1-2H3,(H,27,30). The van der Waals surface area contributed by atoms with Crippen LogP contribution in [-0.4, -0.2) is 30.7 Å². The molecule has 2 saturated carbocycles. The fourth-order valence-electron chi connectivity index (χ4n) is 5.34. The van der Waals surface area contributed by atoms with Crippen molar-refractivity contribution in [3.63, 3.8) is 0 Å². The first kappa shape index (κ1) is 21.1. The number of aromatic nitrogens is 4. The molecule has 1 amide bonds. The van der Waals surface area contributed by atoms with Gasteiger partial charge in [-0.25, -0.2) is 9.37 Å². The van der Waals surface area contributed by atoms with Crippen molar-refractivity contribution in [2.24, 2.45) is 18.9 Å². The van der Waals surface area contributed by atoms with Gasteiger partial charge in [-0.1, -0.05) is 16.8 Å². The average molecular weight is 460 g/mol. The van der Waals surface area contributed by atoms with Crippen LogP contribution in [-0.2, 0) is 12.6 Å². The molecule has 0 radical (unpaired) electrons. The van der Waals surface area contributed by atoms with Gasteiger partial charge < -0.3 is 19.5 Å². The molecule has 2 heterocycles. The highest BCUT2D eigenvalue weighted by Gasteiger charge is 2.52. The van der Waals surface area contributed by atoms with Crippen molar-refractivity contribution in [1.82, 2.24) is 19.7 Å². The van der Waals surface area contributed by atoms with Gasteiger partial charge in [0.2, 0.25) is 11.7 Å². The van der Waals surface area contributed by atoms with E-state index in [1.54, 1.807) is 24.9 Å². The van der Waals surface area contributed by atoms with Crippen LogP contribution in [0.4, 0.5) is 10.1 Å². The Kier molecular flexibility index (Phi) is 5.05. The summed E-state index contributed by atoms with van der Waals surface area (Å²) in [6.07, 6.45) is 4.41. The minimum Gasteiger partial charge on any atom is -0.382 e. The molecule has 5 rings (SSSR count). The molecular weight excluding hydrogens is 437 g/mol. The summed E-state index contributed by atoms with van der Waals surface area (Å²) in [5, 5.41) is 17.7. The monoisotopic (exact) mass is 459 g/mol. The van der Waals surface area contributed by atoms with Crippen molar-refractivity contribution in [3.8, 4) is 0 Å². The molecule has 2 aromatic heterocycles. The lowest BCUT2D eigenvalue weighted by Crippen LogP contribution is -2.25. The molecule has 0 saturated heterocycles. The smallest absolute Gasteiger partial charge is 0.274 e. The zero-order chi connectivity index (χ0) is 22.6. The van der Waals surface area contributed by atoms with Gasteiger partial charge in [-0.15, -0.1) is 0 Å². The Morgan fingerprint density at radius 1 is 1.34 bits per heavy atom. The number of hydrogen-bond acceptors (Lipinski definition) is 6. The quantitative estimate of drug-likeness (QED) is 0.612. The predicted molar refractivity (Wildman–Crippen MR) is 114 cm³/mol. The summed E-state index contributed by atoms with van der Waals surface area (Å²) in [7, 11) is 1.77. The summed E-state index contributed by atoms with van der Waals surface area (Å²) in [5.41, 5.74) is 0.563. The van der Waals surface area contributed by atoms with Crippen LogP contribution < -0.4 is 5.32 Å². The van der Waals surface area contributed by atoms with Crippen LogP contribution in [0.25, 0.3) is 0 Å². The minimum absolute atomic E-state index is 0.0547. The molecule has 2 atom stereocenters. The van der Waals surface area contributed by atoms with Gasteiger partial charge in [0, 0.05) is 25.6 Å². The predicted octanol–water partition coefficient (Wildman–Crippen LogP) is 3.95. The van der Waals surface area contributed by atoms with Crippen molar-refractivity contribution >= 4 is 23.2 Å². The van der Waals surface area contributed by atoms with Crippen molar-refractivity contribution in [3.05, 3.63) is 58.5 Å². The van der Waals surface area contributed by atoms with Gasteiger partial charge in [-0.3, -0.25) is 4.79 Å². The second-order valence-electron chi connectivity index (χ2n) is 8.94. The molecule has 2 fully saturated rings. The van der Waals surface area contributed by atoms with E-state index in [4.69, 9.17) is 16.1 Å². The number of aliphatic hydroxyl groups is 1. The van der Waals surface area contributed by atoms with E-state index in [0.717, 1.165) is 18.5 Å². The molecule has 32 heavy (non-hydrogen) atoms. The van der Waals surface area contributed by atoms with Gasteiger partial charge in [0.15, 0.2) is 0 Å².